The molecule has 3 nitrogen and oxygen atoms in total. The standard InChI is InChI=1S/C14H27N3/c1-6-12-10-13(17(5)16-12)8-7-9-14(15-4)11(2)3/h10-11,14-15H,6-9H2,1-5H3. The second-order valence-electron chi connectivity index (χ2n) is 5.14. The largest absolute Gasteiger partial charge is 0.317 e. The third-order valence-corrected chi connectivity index (χ3v) is 3.51. The molecule has 1 unspecified atom stereocenters. The van der Waals surface area contributed by atoms with Gasteiger partial charge in [0.15, 0.2) is 0 Å². The van der Waals surface area contributed by atoms with Crippen LogP contribution in [-0.2, 0) is 19.9 Å². The third-order valence-electron chi connectivity index (χ3n) is 3.51. The number of hydrogen-bond acceptors (Lipinski definition) is 2. The highest BCUT2D eigenvalue weighted by atomic mass is 15.3. The predicted octanol–water partition coefficient (Wildman–Crippen LogP) is 2.55. The lowest BCUT2D eigenvalue weighted by Crippen LogP contribution is -2.30. The van der Waals surface area contributed by atoms with E-state index in [0.29, 0.717) is 12.0 Å². The summed E-state index contributed by atoms with van der Waals surface area (Å²) in [7, 11) is 4.11. The molecule has 0 spiro atoms. The van der Waals surface area contributed by atoms with Crippen molar-refractivity contribution < 1.29 is 0 Å². The summed E-state index contributed by atoms with van der Waals surface area (Å²) >= 11 is 0. The summed E-state index contributed by atoms with van der Waals surface area (Å²) in [6.45, 7) is 6.71. The summed E-state index contributed by atoms with van der Waals surface area (Å²) in [4.78, 5) is 0. The highest BCUT2D eigenvalue weighted by Gasteiger charge is 2.11. The van der Waals surface area contributed by atoms with Gasteiger partial charge in [0.1, 0.15) is 0 Å². The molecule has 0 aliphatic heterocycles. The minimum atomic E-state index is 0.633. The van der Waals surface area contributed by atoms with E-state index in [2.05, 4.69) is 44.3 Å². The molecule has 0 bridgehead atoms. The van der Waals surface area contributed by atoms with Gasteiger partial charge < -0.3 is 5.32 Å². The summed E-state index contributed by atoms with van der Waals surface area (Å²) in [5.74, 6) is 0.706. The Morgan fingerprint density at radius 3 is 2.59 bits per heavy atom. The summed E-state index contributed by atoms with van der Waals surface area (Å²) < 4.78 is 2.03. The molecule has 17 heavy (non-hydrogen) atoms. The van der Waals surface area contributed by atoms with E-state index in [4.69, 9.17) is 0 Å². The first-order valence-corrected chi connectivity index (χ1v) is 6.77. The molecule has 0 radical (unpaired) electrons. The summed E-state index contributed by atoms with van der Waals surface area (Å²) in [6.07, 6.45) is 4.63. The van der Waals surface area contributed by atoms with Crippen LogP contribution in [0.3, 0.4) is 0 Å². The molecular formula is C14H27N3. The maximum atomic E-state index is 4.48. The van der Waals surface area contributed by atoms with E-state index in [-0.39, 0.29) is 0 Å². The van der Waals surface area contributed by atoms with Gasteiger partial charge in [-0.05, 0) is 44.7 Å². The Morgan fingerprint density at radius 1 is 1.41 bits per heavy atom. The SMILES string of the molecule is CCc1cc(CCCC(NC)C(C)C)n(C)n1. The van der Waals surface area contributed by atoms with Crippen LogP contribution in [0.5, 0.6) is 0 Å². The average Bonchev–Trinajstić information content (AvgIpc) is 2.65. The van der Waals surface area contributed by atoms with Gasteiger partial charge in [0.25, 0.3) is 0 Å². The summed E-state index contributed by atoms with van der Waals surface area (Å²) in [5.41, 5.74) is 2.57. The molecule has 0 aliphatic carbocycles. The second-order valence-corrected chi connectivity index (χ2v) is 5.14. The lowest BCUT2D eigenvalue weighted by Gasteiger charge is -2.19. The predicted molar refractivity (Wildman–Crippen MR) is 73.2 cm³/mol. The molecule has 1 aromatic rings. The maximum absolute atomic E-state index is 4.48. The molecule has 98 valence electrons. The van der Waals surface area contributed by atoms with Crippen LogP contribution in [0.25, 0.3) is 0 Å². The molecule has 0 fully saturated rings. The molecule has 1 rings (SSSR count). The molecular weight excluding hydrogens is 210 g/mol. The molecule has 1 N–H and O–H groups in total. The van der Waals surface area contributed by atoms with Crippen molar-refractivity contribution in [2.75, 3.05) is 7.05 Å². The Hall–Kier alpha value is -0.830. The van der Waals surface area contributed by atoms with Crippen LogP contribution < -0.4 is 5.32 Å². The van der Waals surface area contributed by atoms with Crippen LogP contribution >= 0.6 is 0 Å². The number of rotatable bonds is 7. The zero-order chi connectivity index (χ0) is 12.8. The first-order valence-electron chi connectivity index (χ1n) is 6.77. The van der Waals surface area contributed by atoms with Crippen molar-refractivity contribution in [2.24, 2.45) is 13.0 Å². The fourth-order valence-electron chi connectivity index (χ4n) is 2.29. The monoisotopic (exact) mass is 237 g/mol. The van der Waals surface area contributed by atoms with Gasteiger partial charge in [0.2, 0.25) is 0 Å². The fourth-order valence-corrected chi connectivity index (χ4v) is 2.29. The lowest BCUT2D eigenvalue weighted by atomic mass is 9.98. The molecule has 0 saturated carbocycles. The van der Waals surface area contributed by atoms with Crippen LogP contribution in [0.2, 0.25) is 0 Å². The molecule has 1 heterocycles. The van der Waals surface area contributed by atoms with Crippen molar-refractivity contribution in [3.05, 3.63) is 17.5 Å². The van der Waals surface area contributed by atoms with Gasteiger partial charge in [-0.2, -0.15) is 5.10 Å². The Morgan fingerprint density at radius 2 is 2.12 bits per heavy atom. The van der Waals surface area contributed by atoms with E-state index < -0.39 is 0 Å². The highest BCUT2D eigenvalue weighted by molar-refractivity contribution is 5.10. The Balaban J connectivity index is 2.42. The first-order chi connectivity index (χ1) is 8.08. The number of nitrogens with zero attached hydrogens (tertiary/aromatic N) is 2. The van der Waals surface area contributed by atoms with Crippen molar-refractivity contribution >= 4 is 0 Å². The van der Waals surface area contributed by atoms with Crippen molar-refractivity contribution in [3.63, 3.8) is 0 Å². The van der Waals surface area contributed by atoms with Crippen LogP contribution in [0, 0.1) is 5.92 Å². The van der Waals surface area contributed by atoms with E-state index in [1.807, 2.05) is 11.7 Å². The topological polar surface area (TPSA) is 29.9 Å². The van der Waals surface area contributed by atoms with E-state index in [1.54, 1.807) is 0 Å². The minimum Gasteiger partial charge on any atom is -0.317 e. The van der Waals surface area contributed by atoms with E-state index in [1.165, 1.54) is 24.2 Å². The third kappa shape index (κ3) is 4.15. The Labute approximate surface area is 106 Å². The van der Waals surface area contributed by atoms with Gasteiger partial charge in [0, 0.05) is 18.8 Å². The van der Waals surface area contributed by atoms with E-state index in [9.17, 15) is 0 Å². The molecule has 3 heteroatoms. The fraction of sp³-hybridized carbons (Fsp3) is 0.786. The molecule has 0 aliphatic rings. The van der Waals surface area contributed by atoms with Gasteiger partial charge in [-0.15, -0.1) is 0 Å². The van der Waals surface area contributed by atoms with Crippen LogP contribution in [0.15, 0.2) is 6.07 Å². The quantitative estimate of drug-likeness (QED) is 0.790. The Kier molecular flexibility index (Phi) is 5.69. The number of aryl methyl sites for hydroxylation is 3. The molecule has 0 aromatic carbocycles. The van der Waals surface area contributed by atoms with Gasteiger partial charge in [-0.25, -0.2) is 0 Å². The van der Waals surface area contributed by atoms with Crippen molar-refractivity contribution in [3.8, 4) is 0 Å². The first kappa shape index (κ1) is 14.2. The van der Waals surface area contributed by atoms with Crippen LogP contribution in [-0.4, -0.2) is 22.9 Å². The van der Waals surface area contributed by atoms with Crippen molar-refractivity contribution in [1.29, 1.82) is 0 Å². The zero-order valence-corrected chi connectivity index (χ0v) is 12.0. The van der Waals surface area contributed by atoms with Gasteiger partial charge in [0.05, 0.1) is 5.69 Å². The van der Waals surface area contributed by atoms with E-state index >= 15 is 0 Å². The highest BCUT2D eigenvalue weighted by Crippen LogP contribution is 2.12. The van der Waals surface area contributed by atoms with Crippen molar-refractivity contribution in [2.45, 2.75) is 52.5 Å². The smallest absolute Gasteiger partial charge is 0.0624 e. The molecule has 0 saturated heterocycles. The summed E-state index contributed by atoms with van der Waals surface area (Å²) in [6, 6.07) is 2.87. The lowest BCUT2D eigenvalue weighted by molar-refractivity contribution is 0.392. The number of nitrogens with one attached hydrogen (secondary N) is 1. The molecule has 1 aromatic heterocycles. The van der Waals surface area contributed by atoms with E-state index in [0.717, 1.165) is 12.8 Å². The van der Waals surface area contributed by atoms with Gasteiger partial charge in [-0.1, -0.05) is 20.8 Å². The van der Waals surface area contributed by atoms with Crippen LogP contribution in [0.1, 0.15) is 45.0 Å². The number of hydrogen-bond donors (Lipinski definition) is 1. The van der Waals surface area contributed by atoms with Crippen LogP contribution in [0.4, 0.5) is 0 Å². The maximum Gasteiger partial charge on any atom is 0.0624 e. The van der Waals surface area contributed by atoms with Crippen molar-refractivity contribution in [1.82, 2.24) is 15.1 Å². The summed E-state index contributed by atoms with van der Waals surface area (Å²) in [5, 5.41) is 7.88. The normalized spacial score (nSPS) is 13.3. The van der Waals surface area contributed by atoms with Gasteiger partial charge >= 0.3 is 0 Å². The average molecular weight is 237 g/mol. The molecule has 0 amide bonds. The molecule has 1 atom stereocenters. The Bertz CT molecular complexity index is 328. The second kappa shape index (κ2) is 6.80. The van der Waals surface area contributed by atoms with Gasteiger partial charge in [-0.3, -0.25) is 4.68 Å². The number of aromatic nitrogens is 2. The minimum absolute atomic E-state index is 0.633. The zero-order valence-electron chi connectivity index (χ0n) is 12.0.